The van der Waals surface area contributed by atoms with Crippen molar-refractivity contribution in [2.75, 3.05) is 11.9 Å². The number of urea groups is 1. The Balaban J connectivity index is 1.77. The fourth-order valence-electron chi connectivity index (χ4n) is 2.96. The molecule has 3 nitrogen and oxygen atoms in total. The zero-order valence-electron chi connectivity index (χ0n) is 12.8. The number of benzene rings is 2. The van der Waals surface area contributed by atoms with E-state index in [4.69, 9.17) is 0 Å². The van der Waals surface area contributed by atoms with E-state index in [2.05, 4.69) is 39.4 Å². The van der Waals surface area contributed by atoms with Crippen molar-refractivity contribution in [1.82, 2.24) is 4.90 Å². The second kappa shape index (κ2) is 6.13. The summed E-state index contributed by atoms with van der Waals surface area (Å²) < 4.78 is 1.03. The average molecular weight is 359 g/mol. The summed E-state index contributed by atoms with van der Waals surface area (Å²) >= 11 is 3.48. The molecular formula is C18H19BrN2O. The van der Waals surface area contributed by atoms with Crippen LogP contribution >= 0.6 is 15.9 Å². The number of hydrogen-bond donors (Lipinski definition) is 1. The summed E-state index contributed by atoms with van der Waals surface area (Å²) in [6.45, 7) is 5.46. The molecule has 1 aliphatic rings. The minimum Gasteiger partial charge on any atom is -0.320 e. The molecule has 0 aromatic heterocycles. The fourth-order valence-corrected chi connectivity index (χ4v) is 3.65. The Morgan fingerprint density at radius 1 is 1.14 bits per heavy atom. The Labute approximate surface area is 139 Å². The molecule has 0 saturated carbocycles. The highest BCUT2D eigenvalue weighted by atomic mass is 79.9. The molecular weight excluding hydrogens is 340 g/mol. The summed E-state index contributed by atoms with van der Waals surface area (Å²) in [7, 11) is 0. The number of carbonyl (C=O) groups is 1. The molecule has 0 radical (unpaired) electrons. The first kappa shape index (κ1) is 15.1. The number of nitrogens with zero attached hydrogens (tertiary/aromatic N) is 1. The van der Waals surface area contributed by atoms with Crippen molar-refractivity contribution in [3.05, 3.63) is 63.1 Å². The van der Waals surface area contributed by atoms with Gasteiger partial charge in [-0.1, -0.05) is 40.2 Å². The molecule has 0 unspecified atom stereocenters. The molecule has 0 bridgehead atoms. The number of aryl methyl sites for hydroxylation is 2. The van der Waals surface area contributed by atoms with E-state index in [1.807, 2.05) is 36.9 Å². The number of anilines is 1. The predicted molar refractivity (Wildman–Crippen MR) is 93.2 cm³/mol. The van der Waals surface area contributed by atoms with Crippen LogP contribution in [0, 0.1) is 13.8 Å². The second-order valence-electron chi connectivity index (χ2n) is 5.79. The molecule has 0 saturated heterocycles. The molecule has 0 spiro atoms. The standard InChI is InChI=1S/C18H19BrN2O/c1-12-9-16(19)10-13(2)17(12)20-18(22)21-8-7-14-5-3-4-6-15(14)11-21/h3-6,9-10H,7-8,11H2,1-2H3,(H,20,22). The minimum absolute atomic E-state index is 0.0250. The Hall–Kier alpha value is -1.81. The van der Waals surface area contributed by atoms with E-state index < -0.39 is 0 Å². The molecule has 1 aliphatic heterocycles. The van der Waals surface area contributed by atoms with Crippen molar-refractivity contribution in [1.29, 1.82) is 0 Å². The fraction of sp³-hybridized carbons (Fsp3) is 0.278. The Kier molecular flexibility index (Phi) is 4.21. The number of halogens is 1. The molecule has 3 rings (SSSR count). The summed E-state index contributed by atoms with van der Waals surface area (Å²) in [5.74, 6) is 0. The van der Waals surface area contributed by atoms with E-state index in [-0.39, 0.29) is 6.03 Å². The maximum atomic E-state index is 12.6. The summed E-state index contributed by atoms with van der Waals surface area (Å²) in [6, 6.07) is 12.4. The lowest BCUT2D eigenvalue weighted by Gasteiger charge is -2.29. The van der Waals surface area contributed by atoms with E-state index >= 15 is 0 Å². The molecule has 0 fully saturated rings. The number of nitrogens with one attached hydrogen (secondary N) is 1. The summed E-state index contributed by atoms with van der Waals surface area (Å²) in [5.41, 5.74) is 5.64. The third-order valence-corrected chi connectivity index (χ3v) is 4.61. The highest BCUT2D eigenvalue weighted by Gasteiger charge is 2.21. The zero-order chi connectivity index (χ0) is 15.7. The second-order valence-corrected chi connectivity index (χ2v) is 6.70. The van der Waals surface area contributed by atoms with Crippen LogP contribution in [0.1, 0.15) is 22.3 Å². The van der Waals surface area contributed by atoms with Crippen LogP contribution in [-0.4, -0.2) is 17.5 Å². The van der Waals surface area contributed by atoms with Gasteiger partial charge in [0, 0.05) is 23.2 Å². The molecule has 0 aliphatic carbocycles. The van der Waals surface area contributed by atoms with Crippen molar-refractivity contribution in [3.8, 4) is 0 Å². The van der Waals surface area contributed by atoms with Crippen LogP contribution in [0.25, 0.3) is 0 Å². The maximum Gasteiger partial charge on any atom is 0.322 e. The number of carbonyl (C=O) groups excluding carboxylic acids is 1. The molecule has 1 heterocycles. The van der Waals surface area contributed by atoms with E-state index in [1.54, 1.807) is 0 Å². The van der Waals surface area contributed by atoms with Crippen LogP contribution in [0.3, 0.4) is 0 Å². The van der Waals surface area contributed by atoms with Gasteiger partial charge < -0.3 is 10.2 Å². The van der Waals surface area contributed by atoms with Gasteiger partial charge >= 0.3 is 6.03 Å². The van der Waals surface area contributed by atoms with Gasteiger partial charge in [-0.15, -0.1) is 0 Å². The normalized spacial score (nSPS) is 13.7. The quantitative estimate of drug-likeness (QED) is 0.789. The zero-order valence-corrected chi connectivity index (χ0v) is 14.4. The molecule has 22 heavy (non-hydrogen) atoms. The highest BCUT2D eigenvalue weighted by molar-refractivity contribution is 9.10. The average Bonchev–Trinajstić information content (AvgIpc) is 2.50. The maximum absolute atomic E-state index is 12.6. The first-order valence-corrected chi connectivity index (χ1v) is 8.23. The SMILES string of the molecule is Cc1cc(Br)cc(C)c1NC(=O)N1CCc2ccccc2C1. The molecule has 1 N–H and O–H groups in total. The van der Waals surface area contributed by atoms with Gasteiger partial charge in [0.15, 0.2) is 0 Å². The number of amides is 2. The first-order chi connectivity index (χ1) is 10.5. The van der Waals surface area contributed by atoms with Gasteiger partial charge in [0.25, 0.3) is 0 Å². The number of rotatable bonds is 1. The third-order valence-electron chi connectivity index (χ3n) is 4.15. The third kappa shape index (κ3) is 3.02. The van der Waals surface area contributed by atoms with E-state index in [0.717, 1.165) is 34.3 Å². The molecule has 114 valence electrons. The van der Waals surface area contributed by atoms with Crippen molar-refractivity contribution in [2.45, 2.75) is 26.8 Å². The van der Waals surface area contributed by atoms with Gasteiger partial charge in [0.1, 0.15) is 0 Å². The van der Waals surface area contributed by atoms with Crippen molar-refractivity contribution in [2.24, 2.45) is 0 Å². The Morgan fingerprint density at radius 2 is 1.77 bits per heavy atom. The molecule has 2 aromatic rings. The number of fused-ring (bicyclic) bond motifs is 1. The van der Waals surface area contributed by atoms with Gasteiger partial charge in [-0.2, -0.15) is 0 Å². The largest absolute Gasteiger partial charge is 0.322 e. The monoisotopic (exact) mass is 358 g/mol. The lowest BCUT2D eigenvalue weighted by molar-refractivity contribution is 0.206. The molecule has 2 aromatic carbocycles. The van der Waals surface area contributed by atoms with Crippen molar-refractivity contribution in [3.63, 3.8) is 0 Å². The van der Waals surface area contributed by atoms with Crippen LogP contribution < -0.4 is 5.32 Å². The summed E-state index contributed by atoms with van der Waals surface area (Å²) in [5, 5.41) is 3.07. The van der Waals surface area contributed by atoms with Crippen LogP contribution in [0.15, 0.2) is 40.9 Å². The topological polar surface area (TPSA) is 32.3 Å². The van der Waals surface area contributed by atoms with Gasteiger partial charge in [-0.25, -0.2) is 4.79 Å². The molecule has 4 heteroatoms. The minimum atomic E-state index is -0.0250. The smallest absolute Gasteiger partial charge is 0.320 e. The highest BCUT2D eigenvalue weighted by Crippen LogP contribution is 2.26. The van der Waals surface area contributed by atoms with Gasteiger partial charge in [-0.05, 0) is 54.7 Å². The van der Waals surface area contributed by atoms with Crippen molar-refractivity contribution < 1.29 is 4.79 Å². The van der Waals surface area contributed by atoms with Crippen LogP contribution in [0.4, 0.5) is 10.5 Å². The predicted octanol–water partition coefficient (Wildman–Crippen LogP) is 4.66. The van der Waals surface area contributed by atoms with Gasteiger partial charge in [0.05, 0.1) is 0 Å². The Bertz CT molecular complexity index is 704. The summed E-state index contributed by atoms with van der Waals surface area (Å²) in [6.07, 6.45) is 0.919. The van der Waals surface area contributed by atoms with Crippen LogP contribution in [0.5, 0.6) is 0 Å². The van der Waals surface area contributed by atoms with E-state index in [1.165, 1.54) is 11.1 Å². The first-order valence-electron chi connectivity index (χ1n) is 7.44. The lowest BCUT2D eigenvalue weighted by Crippen LogP contribution is -2.39. The molecule has 2 amide bonds. The van der Waals surface area contributed by atoms with Gasteiger partial charge in [0.2, 0.25) is 0 Å². The van der Waals surface area contributed by atoms with Crippen LogP contribution in [0.2, 0.25) is 0 Å². The van der Waals surface area contributed by atoms with E-state index in [9.17, 15) is 4.79 Å². The summed E-state index contributed by atoms with van der Waals surface area (Å²) in [4.78, 5) is 14.4. The Morgan fingerprint density at radius 3 is 2.45 bits per heavy atom. The molecule has 0 atom stereocenters. The van der Waals surface area contributed by atoms with Gasteiger partial charge in [-0.3, -0.25) is 0 Å². The van der Waals surface area contributed by atoms with E-state index in [0.29, 0.717) is 6.54 Å². The lowest BCUT2D eigenvalue weighted by atomic mass is 10.0. The number of hydrogen-bond acceptors (Lipinski definition) is 1. The van der Waals surface area contributed by atoms with Crippen LogP contribution in [-0.2, 0) is 13.0 Å². The van der Waals surface area contributed by atoms with Crippen molar-refractivity contribution >= 4 is 27.6 Å².